The molecule has 0 aliphatic heterocycles. The first-order valence-corrected chi connectivity index (χ1v) is 9.20. The van der Waals surface area contributed by atoms with Crippen LogP contribution in [0, 0.1) is 10.1 Å². The summed E-state index contributed by atoms with van der Waals surface area (Å²) >= 11 is 0. The van der Waals surface area contributed by atoms with Crippen LogP contribution in [0.1, 0.15) is 28.5 Å². The zero-order valence-electron chi connectivity index (χ0n) is 16.3. The van der Waals surface area contributed by atoms with Crippen LogP contribution in [-0.4, -0.2) is 32.6 Å². The molecule has 29 heavy (non-hydrogen) atoms. The summed E-state index contributed by atoms with van der Waals surface area (Å²) in [5.41, 5.74) is 2.24. The SMILES string of the molecule is CCn1ccc(CN(C)C(=O)c2cccc(COc3ccc([N+](=O)[O-])cc3)c2)n1. The van der Waals surface area contributed by atoms with Crippen molar-refractivity contribution in [3.05, 3.63) is 87.7 Å². The summed E-state index contributed by atoms with van der Waals surface area (Å²) in [6.45, 7) is 3.48. The number of nitrogens with zero attached hydrogens (tertiary/aromatic N) is 4. The van der Waals surface area contributed by atoms with Crippen LogP contribution in [0.15, 0.2) is 60.8 Å². The quantitative estimate of drug-likeness (QED) is 0.430. The highest BCUT2D eigenvalue weighted by Gasteiger charge is 2.14. The zero-order chi connectivity index (χ0) is 20.8. The Morgan fingerprint density at radius 3 is 2.62 bits per heavy atom. The monoisotopic (exact) mass is 394 g/mol. The first-order chi connectivity index (χ1) is 14.0. The molecule has 1 aromatic heterocycles. The summed E-state index contributed by atoms with van der Waals surface area (Å²) in [6, 6.07) is 15.0. The maximum Gasteiger partial charge on any atom is 0.269 e. The lowest BCUT2D eigenvalue weighted by Crippen LogP contribution is -2.26. The van der Waals surface area contributed by atoms with Gasteiger partial charge >= 0.3 is 0 Å². The van der Waals surface area contributed by atoms with Crippen molar-refractivity contribution in [2.45, 2.75) is 26.6 Å². The van der Waals surface area contributed by atoms with Gasteiger partial charge in [0.05, 0.1) is 17.2 Å². The summed E-state index contributed by atoms with van der Waals surface area (Å²) in [4.78, 5) is 24.6. The maximum atomic E-state index is 12.7. The lowest BCUT2D eigenvalue weighted by atomic mass is 10.1. The molecule has 0 bridgehead atoms. The maximum absolute atomic E-state index is 12.7. The van der Waals surface area contributed by atoms with Crippen LogP contribution in [0.2, 0.25) is 0 Å². The van der Waals surface area contributed by atoms with Gasteiger partial charge in [0.1, 0.15) is 12.4 Å². The predicted molar refractivity (Wildman–Crippen MR) is 108 cm³/mol. The smallest absolute Gasteiger partial charge is 0.269 e. The molecule has 0 aliphatic rings. The summed E-state index contributed by atoms with van der Waals surface area (Å²) < 4.78 is 7.50. The van der Waals surface area contributed by atoms with E-state index in [9.17, 15) is 14.9 Å². The topological polar surface area (TPSA) is 90.5 Å². The Balaban J connectivity index is 1.61. The van der Waals surface area contributed by atoms with E-state index in [1.165, 1.54) is 12.1 Å². The van der Waals surface area contributed by atoms with Gasteiger partial charge in [-0.1, -0.05) is 12.1 Å². The number of hydrogen-bond acceptors (Lipinski definition) is 5. The number of hydrogen-bond donors (Lipinski definition) is 0. The van der Waals surface area contributed by atoms with Crippen molar-refractivity contribution in [2.75, 3.05) is 7.05 Å². The molecule has 0 unspecified atom stereocenters. The average Bonchev–Trinajstić information content (AvgIpc) is 3.19. The number of non-ortho nitro benzene ring substituents is 1. The lowest BCUT2D eigenvalue weighted by molar-refractivity contribution is -0.384. The van der Waals surface area contributed by atoms with Crippen molar-refractivity contribution in [1.82, 2.24) is 14.7 Å². The van der Waals surface area contributed by atoms with E-state index in [1.54, 1.807) is 42.3 Å². The van der Waals surface area contributed by atoms with Gasteiger partial charge in [-0.2, -0.15) is 5.10 Å². The molecule has 8 nitrogen and oxygen atoms in total. The van der Waals surface area contributed by atoms with Crippen LogP contribution in [0.5, 0.6) is 5.75 Å². The molecule has 0 aliphatic carbocycles. The number of carbonyl (C=O) groups excluding carboxylic acids is 1. The summed E-state index contributed by atoms with van der Waals surface area (Å²) in [5, 5.41) is 15.1. The normalized spacial score (nSPS) is 10.6. The third kappa shape index (κ3) is 5.19. The Kier molecular flexibility index (Phi) is 6.23. The van der Waals surface area contributed by atoms with E-state index in [0.29, 0.717) is 17.9 Å². The summed E-state index contributed by atoms with van der Waals surface area (Å²) in [7, 11) is 1.74. The molecule has 0 atom stereocenters. The molecule has 8 heteroatoms. The van der Waals surface area contributed by atoms with Crippen molar-refractivity contribution in [3.8, 4) is 5.75 Å². The number of amides is 1. The highest BCUT2D eigenvalue weighted by atomic mass is 16.6. The molecule has 3 rings (SSSR count). The first kappa shape index (κ1) is 20.1. The Bertz CT molecular complexity index is 998. The molecule has 2 aromatic carbocycles. The standard InChI is InChI=1S/C21H22N4O4/c1-3-24-12-11-18(22-24)14-23(2)21(26)17-6-4-5-16(13-17)15-29-20-9-7-19(8-10-20)25(27)28/h4-13H,3,14-15H2,1-2H3. The second-order valence-electron chi connectivity index (χ2n) is 6.56. The van der Waals surface area contributed by atoms with Crippen molar-refractivity contribution < 1.29 is 14.5 Å². The second-order valence-corrected chi connectivity index (χ2v) is 6.56. The van der Waals surface area contributed by atoms with Crippen LogP contribution in [0.4, 0.5) is 5.69 Å². The molecule has 0 saturated carbocycles. The average molecular weight is 394 g/mol. The van der Waals surface area contributed by atoms with Crippen LogP contribution < -0.4 is 4.74 Å². The zero-order valence-corrected chi connectivity index (χ0v) is 16.3. The Morgan fingerprint density at radius 2 is 1.97 bits per heavy atom. The van der Waals surface area contributed by atoms with E-state index in [-0.39, 0.29) is 18.2 Å². The van der Waals surface area contributed by atoms with Gasteiger partial charge in [0.15, 0.2) is 0 Å². The highest BCUT2D eigenvalue weighted by molar-refractivity contribution is 5.94. The lowest BCUT2D eigenvalue weighted by Gasteiger charge is -2.16. The molecular weight excluding hydrogens is 372 g/mol. The largest absolute Gasteiger partial charge is 0.489 e. The van der Waals surface area contributed by atoms with Crippen molar-refractivity contribution in [3.63, 3.8) is 0 Å². The number of nitro benzene ring substituents is 1. The number of rotatable bonds is 8. The number of carbonyl (C=O) groups is 1. The van der Waals surface area contributed by atoms with E-state index >= 15 is 0 Å². The second kappa shape index (κ2) is 9.01. The van der Waals surface area contributed by atoms with Crippen LogP contribution in [0.3, 0.4) is 0 Å². The van der Waals surface area contributed by atoms with Gasteiger partial charge in [-0.3, -0.25) is 19.6 Å². The third-order valence-electron chi connectivity index (χ3n) is 4.39. The van der Waals surface area contributed by atoms with Crippen molar-refractivity contribution in [1.29, 1.82) is 0 Å². The summed E-state index contributed by atoms with van der Waals surface area (Å²) in [6.07, 6.45) is 1.89. The Labute approximate surface area is 168 Å². The van der Waals surface area contributed by atoms with E-state index in [0.717, 1.165) is 17.8 Å². The Hall–Kier alpha value is -3.68. The number of aryl methyl sites for hydroxylation is 1. The molecule has 1 amide bonds. The molecule has 0 fully saturated rings. The predicted octanol–water partition coefficient (Wildman–Crippen LogP) is 3.66. The molecule has 0 N–H and O–H groups in total. The number of benzene rings is 2. The fourth-order valence-corrected chi connectivity index (χ4v) is 2.82. The van der Waals surface area contributed by atoms with Crippen molar-refractivity contribution >= 4 is 11.6 Å². The highest BCUT2D eigenvalue weighted by Crippen LogP contribution is 2.19. The van der Waals surface area contributed by atoms with Crippen LogP contribution in [0.25, 0.3) is 0 Å². The molecule has 150 valence electrons. The molecular formula is C21H22N4O4. The number of nitro groups is 1. The third-order valence-corrected chi connectivity index (χ3v) is 4.39. The van der Waals surface area contributed by atoms with Crippen molar-refractivity contribution in [2.24, 2.45) is 0 Å². The van der Waals surface area contributed by atoms with Crippen LogP contribution >= 0.6 is 0 Å². The van der Waals surface area contributed by atoms with Gasteiger partial charge < -0.3 is 9.64 Å². The minimum Gasteiger partial charge on any atom is -0.489 e. The fraction of sp³-hybridized carbons (Fsp3) is 0.238. The fourth-order valence-electron chi connectivity index (χ4n) is 2.82. The van der Waals surface area contributed by atoms with Crippen LogP contribution in [-0.2, 0) is 19.7 Å². The van der Waals surface area contributed by atoms with Gasteiger partial charge in [0.25, 0.3) is 11.6 Å². The minimum absolute atomic E-state index is 0.0109. The molecule has 0 spiro atoms. The minimum atomic E-state index is -0.456. The summed E-state index contributed by atoms with van der Waals surface area (Å²) in [5.74, 6) is 0.421. The van der Waals surface area contributed by atoms with Gasteiger partial charge in [-0.25, -0.2) is 0 Å². The molecule has 1 heterocycles. The number of ether oxygens (including phenoxy) is 1. The molecule has 0 radical (unpaired) electrons. The van der Waals surface area contributed by atoms with Gasteiger partial charge in [-0.05, 0) is 42.8 Å². The van der Waals surface area contributed by atoms with Gasteiger partial charge in [-0.15, -0.1) is 0 Å². The van der Waals surface area contributed by atoms with Gasteiger partial charge in [0.2, 0.25) is 0 Å². The first-order valence-electron chi connectivity index (χ1n) is 9.20. The molecule has 3 aromatic rings. The Morgan fingerprint density at radius 1 is 1.21 bits per heavy atom. The van der Waals surface area contributed by atoms with Gasteiger partial charge in [0, 0.05) is 37.5 Å². The van der Waals surface area contributed by atoms with E-state index < -0.39 is 4.92 Å². The van der Waals surface area contributed by atoms with E-state index in [1.807, 2.05) is 29.9 Å². The van der Waals surface area contributed by atoms with E-state index in [2.05, 4.69) is 5.10 Å². The number of aromatic nitrogens is 2. The van der Waals surface area contributed by atoms with E-state index in [4.69, 9.17) is 4.74 Å². The molecule has 0 saturated heterocycles.